The first-order valence-electron chi connectivity index (χ1n) is 9.62. The first-order chi connectivity index (χ1) is 11.7. The highest BCUT2D eigenvalue weighted by Gasteiger charge is 2.41. The molecule has 1 saturated carbocycles. The van der Waals surface area contributed by atoms with Gasteiger partial charge in [-0.15, -0.1) is 24.8 Å². The Kier molecular flexibility index (Phi) is 8.10. The molecule has 0 aromatic carbocycles. The van der Waals surface area contributed by atoms with Gasteiger partial charge >= 0.3 is 0 Å². The predicted octanol–water partition coefficient (Wildman–Crippen LogP) is 2.47. The highest BCUT2D eigenvalue weighted by Crippen LogP contribution is 2.44. The zero-order valence-electron chi connectivity index (χ0n) is 15.3. The van der Waals surface area contributed by atoms with Gasteiger partial charge in [-0.2, -0.15) is 0 Å². The van der Waals surface area contributed by atoms with Crippen LogP contribution < -0.4 is 5.32 Å². The van der Waals surface area contributed by atoms with Gasteiger partial charge in [-0.25, -0.2) is 0 Å². The Bertz CT molecular complexity index is 532. The summed E-state index contributed by atoms with van der Waals surface area (Å²) in [6.07, 6.45) is 14.0. The van der Waals surface area contributed by atoms with Gasteiger partial charge in [0.25, 0.3) is 0 Å². The average Bonchev–Trinajstić information content (AvgIpc) is 2.98. The van der Waals surface area contributed by atoms with E-state index >= 15 is 0 Å². The summed E-state index contributed by atoms with van der Waals surface area (Å²) in [6, 6.07) is 0.673. The predicted molar refractivity (Wildman–Crippen MR) is 108 cm³/mol. The van der Waals surface area contributed by atoms with Crippen LogP contribution in [0, 0.1) is 11.3 Å². The molecule has 1 aliphatic carbocycles. The van der Waals surface area contributed by atoms with Gasteiger partial charge in [0, 0.05) is 43.6 Å². The lowest BCUT2D eigenvalue weighted by atomic mass is 9.67. The largest absolute Gasteiger partial charge is 0.391 e. The molecular formula is C19H32Cl2N4O. The number of piperidine rings is 1. The zero-order chi connectivity index (χ0) is 16.4. The summed E-state index contributed by atoms with van der Waals surface area (Å²) >= 11 is 0. The van der Waals surface area contributed by atoms with Gasteiger partial charge in [0.1, 0.15) is 0 Å². The summed E-state index contributed by atoms with van der Waals surface area (Å²) in [5.41, 5.74) is 1.62. The van der Waals surface area contributed by atoms with Crippen LogP contribution in [0.3, 0.4) is 0 Å². The molecule has 0 unspecified atom stereocenters. The molecule has 3 aliphatic rings. The Hall–Kier alpha value is -0.460. The van der Waals surface area contributed by atoms with Crippen molar-refractivity contribution in [3.05, 3.63) is 24.3 Å². The van der Waals surface area contributed by atoms with Gasteiger partial charge in [0.15, 0.2) is 0 Å². The topological polar surface area (TPSA) is 61.3 Å². The number of nitrogens with zero attached hydrogens (tertiary/aromatic N) is 3. The van der Waals surface area contributed by atoms with Crippen molar-refractivity contribution in [1.82, 2.24) is 20.2 Å². The summed E-state index contributed by atoms with van der Waals surface area (Å²) in [5, 5.41) is 14.0. The molecular weight excluding hydrogens is 371 g/mol. The fraction of sp³-hybridized carbons (Fsp3) is 0.789. The fourth-order valence-corrected chi connectivity index (χ4v) is 5.13. The molecule has 1 aromatic heterocycles. The van der Waals surface area contributed by atoms with Crippen LogP contribution in [0.1, 0.15) is 44.2 Å². The summed E-state index contributed by atoms with van der Waals surface area (Å²) < 4.78 is 0. The molecule has 0 amide bonds. The minimum absolute atomic E-state index is 0. The molecule has 1 aromatic rings. The second-order valence-corrected chi connectivity index (χ2v) is 8.16. The van der Waals surface area contributed by atoms with Crippen molar-refractivity contribution in [2.24, 2.45) is 11.3 Å². The number of β-amino-alcohol motifs (C(OH)–C–C–N with tert-alkyl or cyclic N) is 1. The van der Waals surface area contributed by atoms with Gasteiger partial charge in [0.05, 0.1) is 11.8 Å². The molecule has 7 heteroatoms. The van der Waals surface area contributed by atoms with Gasteiger partial charge in [-0.1, -0.05) is 0 Å². The number of aromatic nitrogens is 2. The Balaban J connectivity index is 0.00000121. The Morgan fingerprint density at radius 3 is 2.46 bits per heavy atom. The monoisotopic (exact) mass is 402 g/mol. The molecule has 3 fully saturated rings. The third kappa shape index (κ3) is 4.87. The third-order valence-corrected chi connectivity index (χ3v) is 6.72. The summed E-state index contributed by atoms with van der Waals surface area (Å²) in [5.74, 6) is 0.302. The molecule has 0 bridgehead atoms. The van der Waals surface area contributed by atoms with Crippen molar-refractivity contribution < 1.29 is 5.11 Å². The summed E-state index contributed by atoms with van der Waals surface area (Å²) in [4.78, 5) is 11.1. The lowest BCUT2D eigenvalue weighted by molar-refractivity contribution is 0.0688. The second-order valence-electron chi connectivity index (χ2n) is 8.16. The van der Waals surface area contributed by atoms with E-state index in [-0.39, 0.29) is 30.9 Å². The maximum absolute atomic E-state index is 10.5. The van der Waals surface area contributed by atoms with Crippen LogP contribution >= 0.6 is 24.8 Å². The van der Waals surface area contributed by atoms with Crippen molar-refractivity contribution in [1.29, 1.82) is 0 Å². The standard InChI is InChI=1S/C19H30N4O.2ClH/c24-18-14-23(13-15(18)11-16-12-21-9-10-22-16)17-1-3-19(4-2-17)5-7-20-8-6-19;;/h9-10,12,15,17-18,20,24H,1-8,11,13-14H2;2*1H/t15-,18-;;/m1../s1. The second kappa shape index (κ2) is 9.65. The summed E-state index contributed by atoms with van der Waals surface area (Å²) in [7, 11) is 0. The molecule has 26 heavy (non-hydrogen) atoms. The van der Waals surface area contributed by atoms with Crippen LogP contribution in [-0.2, 0) is 6.42 Å². The first kappa shape index (κ1) is 21.8. The van der Waals surface area contributed by atoms with E-state index in [1.807, 2.05) is 6.20 Å². The van der Waals surface area contributed by atoms with Crippen LogP contribution in [0.4, 0.5) is 0 Å². The van der Waals surface area contributed by atoms with Gasteiger partial charge in [-0.3, -0.25) is 14.9 Å². The van der Waals surface area contributed by atoms with Crippen molar-refractivity contribution in [2.75, 3.05) is 26.2 Å². The molecule has 3 heterocycles. The SMILES string of the molecule is Cl.Cl.O[C@@H]1CN(C2CCC3(CCNCC3)CC2)C[C@H]1Cc1cnccn1. The van der Waals surface area contributed by atoms with E-state index in [4.69, 9.17) is 0 Å². The number of halogens is 2. The van der Waals surface area contributed by atoms with Crippen molar-refractivity contribution >= 4 is 24.8 Å². The summed E-state index contributed by atoms with van der Waals surface area (Å²) in [6.45, 7) is 4.25. The smallest absolute Gasteiger partial charge is 0.0711 e. The molecule has 4 rings (SSSR count). The van der Waals surface area contributed by atoms with Crippen molar-refractivity contribution in [3.63, 3.8) is 0 Å². The quantitative estimate of drug-likeness (QED) is 0.812. The molecule has 2 saturated heterocycles. The highest BCUT2D eigenvalue weighted by molar-refractivity contribution is 5.85. The van der Waals surface area contributed by atoms with Crippen molar-refractivity contribution in [2.45, 2.75) is 57.1 Å². The molecule has 1 spiro atoms. The van der Waals surface area contributed by atoms with Crippen LogP contribution in [0.25, 0.3) is 0 Å². The normalized spacial score (nSPS) is 29.1. The van der Waals surface area contributed by atoms with E-state index in [0.717, 1.165) is 25.2 Å². The number of likely N-dealkylation sites (tertiary alicyclic amines) is 1. The Morgan fingerprint density at radius 2 is 1.81 bits per heavy atom. The van der Waals surface area contributed by atoms with Crippen molar-refractivity contribution in [3.8, 4) is 0 Å². The number of rotatable bonds is 3. The molecule has 2 atom stereocenters. The van der Waals surface area contributed by atoms with Gasteiger partial charge in [-0.05, 0) is 63.5 Å². The maximum Gasteiger partial charge on any atom is 0.0711 e. The van der Waals surface area contributed by atoms with Crippen LogP contribution in [0.2, 0.25) is 0 Å². The minimum Gasteiger partial charge on any atom is -0.391 e. The molecule has 2 N–H and O–H groups in total. The number of aliphatic hydroxyl groups is 1. The molecule has 5 nitrogen and oxygen atoms in total. The van der Waals surface area contributed by atoms with E-state index in [1.165, 1.54) is 51.6 Å². The number of aliphatic hydroxyl groups excluding tert-OH is 1. The molecule has 0 radical (unpaired) electrons. The highest BCUT2D eigenvalue weighted by atomic mass is 35.5. The lowest BCUT2D eigenvalue weighted by Crippen LogP contribution is -2.44. The van der Waals surface area contributed by atoms with Crippen LogP contribution in [0.15, 0.2) is 18.6 Å². The van der Waals surface area contributed by atoms with Crippen LogP contribution in [-0.4, -0.2) is 58.3 Å². The van der Waals surface area contributed by atoms with E-state index in [0.29, 0.717) is 17.4 Å². The minimum atomic E-state index is -0.221. The first-order valence-corrected chi connectivity index (χ1v) is 9.62. The zero-order valence-corrected chi connectivity index (χ0v) is 17.0. The van der Waals surface area contributed by atoms with Crippen LogP contribution in [0.5, 0.6) is 0 Å². The average molecular weight is 403 g/mol. The Morgan fingerprint density at radius 1 is 1.08 bits per heavy atom. The number of hydrogen-bond acceptors (Lipinski definition) is 5. The van der Waals surface area contributed by atoms with E-state index in [9.17, 15) is 5.11 Å². The lowest BCUT2D eigenvalue weighted by Gasteiger charge is -2.45. The van der Waals surface area contributed by atoms with Gasteiger partial charge in [0.2, 0.25) is 0 Å². The van der Waals surface area contributed by atoms with Gasteiger partial charge < -0.3 is 10.4 Å². The molecule has 2 aliphatic heterocycles. The third-order valence-electron chi connectivity index (χ3n) is 6.72. The van der Waals surface area contributed by atoms with E-state index in [1.54, 1.807) is 12.4 Å². The maximum atomic E-state index is 10.5. The van der Waals surface area contributed by atoms with E-state index in [2.05, 4.69) is 20.2 Å². The van der Waals surface area contributed by atoms with E-state index < -0.39 is 0 Å². The number of nitrogens with one attached hydrogen (secondary N) is 1. The fourth-order valence-electron chi connectivity index (χ4n) is 5.13. The Labute approximate surface area is 169 Å². The molecule has 148 valence electrons. The number of hydrogen-bond donors (Lipinski definition) is 2.